The van der Waals surface area contributed by atoms with Crippen LogP contribution in [0.4, 0.5) is 10.5 Å². The van der Waals surface area contributed by atoms with Crippen LogP contribution < -0.4 is 15.5 Å². The molecule has 0 unspecified atom stereocenters. The molecule has 0 radical (unpaired) electrons. The summed E-state index contributed by atoms with van der Waals surface area (Å²) in [5, 5.41) is 3.01. The number of ether oxygens (including phenoxy) is 1. The molecule has 2 aliphatic rings. The van der Waals surface area contributed by atoms with E-state index in [1.807, 2.05) is 47.4 Å². The molecule has 0 saturated carbocycles. The van der Waals surface area contributed by atoms with Crippen molar-refractivity contribution in [2.75, 3.05) is 25.5 Å². The molecule has 1 spiro atoms. The van der Waals surface area contributed by atoms with Crippen LogP contribution in [0.3, 0.4) is 0 Å². The highest BCUT2D eigenvalue weighted by molar-refractivity contribution is 5.89. The number of nitrogens with one attached hydrogen (secondary N) is 2. The Balaban J connectivity index is 1.38. The largest absolute Gasteiger partial charge is 0.497 e. The summed E-state index contributed by atoms with van der Waals surface area (Å²) in [7, 11) is 1.66. The van der Waals surface area contributed by atoms with Gasteiger partial charge in [-0.15, -0.1) is 0 Å². The molecule has 29 heavy (non-hydrogen) atoms. The van der Waals surface area contributed by atoms with Crippen LogP contribution in [-0.4, -0.2) is 36.7 Å². The van der Waals surface area contributed by atoms with E-state index in [1.165, 1.54) is 5.56 Å². The molecular formula is C23H27N3O3. The van der Waals surface area contributed by atoms with Crippen molar-refractivity contribution in [1.29, 1.82) is 0 Å². The number of hydroxylamine groups is 1. The number of urea groups is 1. The van der Waals surface area contributed by atoms with E-state index in [1.54, 1.807) is 7.11 Å². The lowest BCUT2D eigenvalue weighted by Gasteiger charge is -2.36. The summed E-state index contributed by atoms with van der Waals surface area (Å²) in [6.45, 7) is 3.39. The Bertz CT molecular complexity index is 917. The lowest BCUT2D eigenvalue weighted by atomic mass is 9.90. The van der Waals surface area contributed by atoms with Crippen LogP contribution in [0.15, 0.2) is 54.6 Å². The van der Waals surface area contributed by atoms with E-state index in [9.17, 15) is 4.79 Å². The normalized spacial score (nSPS) is 17.6. The minimum Gasteiger partial charge on any atom is -0.497 e. The Morgan fingerprint density at radius 1 is 1.21 bits per heavy atom. The number of hydrogen-bond acceptors (Lipinski definition) is 4. The van der Waals surface area contributed by atoms with Gasteiger partial charge in [-0.05, 0) is 42.3 Å². The quantitative estimate of drug-likeness (QED) is 0.817. The zero-order valence-electron chi connectivity index (χ0n) is 16.9. The summed E-state index contributed by atoms with van der Waals surface area (Å²) in [4.78, 5) is 20.5. The van der Waals surface area contributed by atoms with Crippen molar-refractivity contribution < 1.29 is 14.4 Å². The van der Waals surface area contributed by atoms with Gasteiger partial charge in [0.15, 0.2) is 0 Å². The van der Waals surface area contributed by atoms with Crippen molar-refractivity contribution in [2.45, 2.75) is 31.8 Å². The predicted octanol–water partition coefficient (Wildman–Crippen LogP) is 4.20. The lowest BCUT2D eigenvalue weighted by molar-refractivity contribution is -0.0634. The molecule has 6 heteroatoms. The Morgan fingerprint density at radius 2 is 2.00 bits per heavy atom. The number of aryl methyl sites for hydroxylation is 1. The number of rotatable bonds is 4. The van der Waals surface area contributed by atoms with Gasteiger partial charge in [-0.3, -0.25) is 10.3 Å². The standard InChI is InChI=1S/C23H27N3O3/c1-3-17-6-4-8-19(14-17)24-22(27)26-12-10-23(11-13-26)16-21(25-29-23)18-7-5-9-20(15-18)28-2/h4-9,14-16,25H,3,10-13H2,1-2H3,(H,24,27). The first-order chi connectivity index (χ1) is 14.1. The number of nitrogens with zero attached hydrogens (tertiary/aromatic N) is 1. The van der Waals surface area contributed by atoms with Gasteiger partial charge in [-0.2, -0.15) is 0 Å². The number of methoxy groups -OCH3 is 1. The van der Waals surface area contributed by atoms with E-state index in [4.69, 9.17) is 9.57 Å². The van der Waals surface area contributed by atoms with Crippen LogP contribution in [0.25, 0.3) is 5.70 Å². The smallest absolute Gasteiger partial charge is 0.321 e. The molecule has 2 N–H and O–H groups in total. The maximum atomic E-state index is 12.7. The molecule has 1 fully saturated rings. The highest BCUT2D eigenvalue weighted by Crippen LogP contribution is 2.35. The second kappa shape index (κ2) is 8.17. The van der Waals surface area contributed by atoms with Crippen LogP contribution in [0.1, 0.15) is 30.9 Å². The highest BCUT2D eigenvalue weighted by Gasteiger charge is 2.39. The number of carbonyl (C=O) groups is 1. The van der Waals surface area contributed by atoms with Crippen molar-refractivity contribution in [2.24, 2.45) is 0 Å². The molecule has 152 valence electrons. The number of piperidine rings is 1. The molecule has 0 atom stereocenters. The SMILES string of the molecule is CCc1cccc(NC(=O)N2CCC3(C=C(c4cccc(OC)c4)NO3)CC2)c1. The monoisotopic (exact) mass is 393 g/mol. The van der Waals surface area contributed by atoms with Gasteiger partial charge in [0.1, 0.15) is 11.4 Å². The van der Waals surface area contributed by atoms with Gasteiger partial charge in [-0.25, -0.2) is 4.79 Å². The van der Waals surface area contributed by atoms with Crippen molar-refractivity contribution in [1.82, 2.24) is 10.4 Å². The van der Waals surface area contributed by atoms with E-state index in [0.717, 1.165) is 42.0 Å². The third-order valence-electron chi connectivity index (χ3n) is 5.64. The number of hydrogen-bond donors (Lipinski definition) is 2. The van der Waals surface area contributed by atoms with Crippen LogP contribution in [0, 0.1) is 0 Å². The molecule has 0 bridgehead atoms. The molecule has 2 heterocycles. The van der Waals surface area contributed by atoms with Gasteiger partial charge in [-0.1, -0.05) is 31.2 Å². The summed E-state index contributed by atoms with van der Waals surface area (Å²) >= 11 is 0. The molecule has 2 aromatic rings. The van der Waals surface area contributed by atoms with E-state index in [0.29, 0.717) is 13.1 Å². The Hall–Kier alpha value is -2.99. The first-order valence-corrected chi connectivity index (χ1v) is 10.1. The molecule has 0 aliphatic carbocycles. The summed E-state index contributed by atoms with van der Waals surface area (Å²) in [6.07, 6.45) is 4.58. The van der Waals surface area contributed by atoms with Crippen molar-refractivity contribution in [3.63, 3.8) is 0 Å². The summed E-state index contributed by atoms with van der Waals surface area (Å²) < 4.78 is 5.31. The minimum atomic E-state index is -0.378. The van der Waals surface area contributed by atoms with Crippen molar-refractivity contribution >= 4 is 17.4 Å². The zero-order chi connectivity index (χ0) is 20.3. The minimum absolute atomic E-state index is 0.0592. The second-order valence-corrected chi connectivity index (χ2v) is 7.53. The third kappa shape index (κ3) is 4.22. The number of benzene rings is 2. The summed E-state index contributed by atoms with van der Waals surface area (Å²) in [5.41, 5.74) is 6.71. The maximum Gasteiger partial charge on any atom is 0.321 e. The van der Waals surface area contributed by atoms with E-state index in [2.05, 4.69) is 29.9 Å². The first kappa shape index (κ1) is 19.3. The molecule has 1 saturated heterocycles. The third-order valence-corrected chi connectivity index (χ3v) is 5.64. The fraction of sp³-hybridized carbons (Fsp3) is 0.348. The number of carbonyl (C=O) groups excluding carboxylic acids is 1. The van der Waals surface area contributed by atoms with Crippen LogP contribution in [-0.2, 0) is 11.3 Å². The number of likely N-dealkylation sites (tertiary alicyclic amines) is 1. The zero-order valence-corrected chi connectivity index (χ0v) is 16.9. The second-order valence-electron chi connectivity index (χ2n) is 7.53. The maximum absolute atomic E-state index is 12.7. The Kier molecular flexibility index (Phi) is 5.45. The van der Waals surface area contributed by atoms with Gasteiger partial charge in [0.05, 0.1) is 12.8 Å². The van der Waals surface area contributed by atoms with Gasteiger partial charge in [0, 0.05) is 37.2 Å². The molecule has 2 aromatic carbocycles. The molecule has 6 nitrogen and oxygen atoms in total. The van der Waals surface area contributed by atoms with E-state index < -0.39 is 0 Å². The van der Waals surface area contributed by atoms with E-state index >= 15 is 0 Å². The van der Waals surface area contributed by atoms with Crippen LogP contribution in [0.2, 0.25) is 0 Å². The molecule has 0 aromatic heterocycles. The van der Waals surface area contributed by atoms with Gasteiger partial charge < -0.3 is 15.0 Å². The first-order valence-electron chi connectivity index (χ1n) is 10.1. The number of anilines is 1. The molecule has 2 amide bonds. The van der Waals surface area contributed by atoms with Crippen LogP contribution >= 0.6 is 0 Å². The summed E-state index contributed by atoms with van der Waals surface area (Å²) in [5.74, 6) is 0.810. The molecular weight excluding hydrogens is 366 g/mol. The Morgan fingerprint density at radius 3 is 2.76 bits per heavy atom. The fourth-order valence-corrected chi connectivity index (χ4v) is 3.82. The number of amides is 2. The summed E-state index contributed by atoms with van der Waals surface area (Å²) in [6, 6.07) is 15.8. The average molecular weight is 393 g/mol. The lowest BCUT2D eigenvalue weighted by Crippen LogP contribution is -2.48. The van der Waals surface area contributed by atoms with Gasteiger partial charge in [0.2, 0.25) is 0 Å². The topological polar surface area (TPSA) is 62.8 Å². The fourth-order valence-electron chi connectivity index (χ4n) is 3.82. The molecule has 2 aliphatic heterocycles. The highest BCUT2D eigenvalue weighted by atomic mass is 16.7. The predicted molar refractivity (Wildman–Crippen MR) is 114 cm³/mol. The van der Waals surface area contributed by atoms with Crippen molar-refractivity contribution in [3.05, 3.63) is 65.7 Å². The Labute approximate surface area is 171 Å². The average Bonchev–Trinajstić information content (AvgIpc) is 3.18. The van der Waals surface area contributed by atoms with Crippen molar-refractivity contribution in [3.8, 4) is 5.75 Å². The van der Waals surface area contributed by atoms with Gasteiger partial charge >= 0.3 is 6.03 Å². The van der Waals surface area contributed by atoms with Crippen LogP contribution in [0.5, 0.6) is 5.75 Å². The van der Waals surface area contributed by atoms with E-state index in [-0.39, 0.29) is 11.6 Å². The van der Waals surface area contributed by atoms with Gasteiger partial charge in [0.25, 0.3) is 0 Å². The molecule has 4 rings (SSSR count).